The Morgan fingerprint density at radius 1 is 1.12 bits per heavy atom. The predicted octanol–water partition coefficient (Wildman–Crippen LogP) is 1.81. The summed E-state index contributed by atoms with van der Waals surface area (Å²) in [5.41, 5.74) is 14.4. The van der Waals surface area contributed by atoms with Crippen molar-refractivity contribution >= 4 is 17.9 Å². The zero-order chi connectivity index (χ0) is 17.8. The number of hydrogen-bond donors (Lipinski definition) is 3. The van der Waals surface area contributed by atoms with Crippen molar-refractivity contribution in [3.63, 3.8) is 0 Å². The van der Waals surface area contributed by atoms with Crippen LogP contribution in [0.15, 0.2) is 53.0 Å². The van der Waals surface area contributed by atoms with Crippen molar-refractivity contribution in [3.05, 3.63) is 59.2 Å². The van der Waals surface area contributed by atoms with Gasteiger partial charge in [0.15, 0.2) is 5.96 Å². The average molecular weight is 337 g/mol. The molecule has 0 bridgehead atoms. The van der Waals surface area contributed by atoms with E-state index < -0.39 is 5.91 Å². The molecular formula is C19H19N3O3. The summed E-state index contributed by atoms with van der Waals surface area (Å²) in [5.74, 6) is -0.0459. The summed E-state index contributed by atoms with van der Waals surface area (Å²) in [6.45, 7) is 0.271. The summed E-state index contributed by atoms with van der Waals surface area (Å²) < 4.78 is 5.92. The minimum atomic E-state index is -0.461. The van der Waals surface area contributed by atoms with E-state index in [1.807, 2.05) is 42.5 Å². The topological polar surface area (TPSA) is 111 Å². The molecule has 0 atom stereocenters. The van der Waals surface area contributed by atoms with E-state index in [4.69, 9.17) is 16.2 Å². The summed E-state index contributed by atoms with van der Waals surface area (Å²) in [6, 6.07) is 13.3. The van der Waals surface area contributed by atoms with Crippen LogP contribution in [0.4, 0.5) is 0 Å². The van der Waals surface area contributed by atoms with Gasteiger partial charge in [0, 0.05) is 23.1 Å². The number of amides is 1. The third kappa shape index (κ3) is 3.54. The Balaban J connectivity index is 2.09. The van der Waals surface area contributed by atoms with Crippen LogP contribution in [0, 0.1) is 0 Å². The number of aliphatic hydroxyl groups excluding tert-OH is 1. The molecule has 0 fully saturated rings. The van der Waals surface area contributed by atoms with E-state index in [1.54, 1.807) is 6.08 Å². The molecule has 0 spiro atoms. The van der Waals surface area contributed by atoms with Crippen LogP contribution < -0.4 is 16.2 Å². The van der Waals surface area contributed by atoms with E-state index in [-0.39, 0.29) is 12.6 Å². The fraction of sp³-hybridized carbons (Fsp3) is 0.158. The molecule has 2 aromatic rings. The molecule has 1 aliphatic rings. The van der Waals surface area contributed by atoms with Crippen molar-refractivity contribution in [2.45, 2.75) is 13.0 Å². The summed E-state index contributed by atoms with van der Waals surface area (Å²) in [7, 11) is 0. The van der Waals surface area contributed by atoms with Gasteiger partial charge in [-0.25, -0.2) is 0 Å². The Kier molecular flexibility index (Phi) is 4.81. The number of aliphatic hydroxyl groups is 1. The van der Waals surface area contributed by atoms with Gasteiger partial charge in [-0.1, -0.05) is 42.5 Å². The molecule has 0 unspecified atom stereocenters. The number of carbonyl (C=O) groups is 1. The van der Waals surface area contributed by atoms with Crippen LogP contribution in [-0.4, -0.2) is 23.6 Å². The van der Waals surface area contributed by atoms with Gasteiger partial charge in [-0.2, -0.15) is 4.99 Å². The van der Waals surface area contributed by atoms with Crippen LogP contribution in [0.5, 0.6) is 5.75 Å². The van der Waals surface area contributed by atoms with E-state index in [1.165, 1.54) is 0 Å². The Hall–Kier alpha value is -3.12. The molecule has 25 heavy (non-hydrogen) atoms. The number of rotatable bonds is 3. The highest BCUT2D eigenvalue weighted by Crippen LogP contribution is 2.38. The highest BCUT2D eigenvalue weighted by molar-refractivity contribution is 6.04. The molecule has 1 aliphatic heterocycles. The molecule has 0 saturated carbocycles. The molecule has 5 N–H and O–H groups in total. The predicted molar refractivity (Wildman–Crippen MR) is 96.7 cm³/mol. The Bertz CT molecular complexity index is 868. The second-order valence-corrected chi connectivity index (χ2v) is 5.65. The summed E-state index contributed by atoms with van der Waals surface area (Å²) >= 11 is 0. The van der Waals surface area contributed by atoms with Gasteiger partial charge in [-0.05, 0) is 17.2 Å². The number of guanidine groups is 1. The number of benzene rings is 2. The standard InChI is InChI=1S/C19H19N3O3/c20-19(21)22-18(24)13-8-9-25-17-12(10-13)5-3-7-16(17)15-6-2-1-4-14(15)11-23/h1-7,10,23H,8-9,11H2,(H4,20,21,22,24). The quantitative estimate of drug-likeness (QED) is 0.584. The Morgan fingerprint density at radius 3 is 2.64 bits per heavy atom. The van der Waals surface area contributed by atoms with Gasteiger partial charge in [0.2, 0.25) is 0 Å². The average Bonchev–Trinajstić information content (AvgIpc) is 2.83. The van der Waals surface area contributed by atoms with Crippen LogP contribution in [0.1, 0.15) is 17.5 Å². The molecule has 1 amide bonds. The first-order valence-electron chi connectivity index (χ1n) is 7.89. The van der Waals surface area contributed by atoms with Crippen molar-refractivity contribution in [3.8, 4) is 16.9 Å². The van der Waals surface area contributed by atoms with Crippen molar-refractivity contribution in [2.24, 2.45) is 16.5 Å². The maximum atomic E-state index is 12.1. The second kappa shape index (κ2) is 7.19. The van der Waals surface area contributed by atoms with Crippen molar-refractivity contribution in [2.75, 3.05) is 6.61 Å². The molecule has 0 aromatic heterocycles. The molecular weight excluding hydrogens is 318 g/mol. The van der Waals surface area contributed by atoms with Gasteiger partial charge in [0.1, 0.15) is 5.75 Å². The van der Waals surface area contributed by atoms with Crippen LogP contribution in [-0.2, 0) is 11.4 Å². The van der Waals surface area contributed by atoms with Gasteiger partial charge >= 0.3 is 0 Å². The first-order chi connectivity index (χ1) is 12.1. The number of fused-ring (bicyclic) bond motifs is 1. The van der Waals surface area contributed by atoms with Crippen molar-refractivity contribution in [1.82, 2.24) is 0 Å². The van der Waals surface area contributed by atoms with E-state index in [0.717, 1.165) is 22.3 Å². The van der Waals surface area contributed by atoms with Gasteiger partial charge in [0.05, 0.1) is 13.2 Å². The number of carbonyl (C=O) groups excluding carboxylic acids is 1. The minimum Gasteiger partial charge on any atom is -0.492 e. The van der Waals surface area contributed by atoms with Gasteiger partial charge < -0.3 is 21.3 Å². The molecule has 1 heterocycles. The van der Waals surface area contributed by atoms with Crippen LogP contribution in [0.2, 0.25) is 0 Å². The molecule has 0 radical (unpaired) electrons. The number of nitrogens with two attached hydrogens (primary N) is 2. The first-order valence-corrected chi connectivity index (χ1v) is 7.89. The SMILES string of the molecule is NC(N)=NC(=O)C1=Cc2cccc(-c3ccccc3CO)c2OCC1. The molecule has 2 aromatic carbocycles. The third-order valence-corrected chi connectivity index (χ3v) is 3.98. The number of nitrogens with zero attached hydrogens (tertiary/aromatic N) is 1. The lowest BCUT2D eigenvalue weighted by Crippen LogP contribution is -2.24. The molecule has 6 nitrogen and oxygen atoms in total. The molecule has 128 valence electrons. The zero-order valence-corrected chi connectivity index (χ0v) is 13.6. The maximum Gasteiger partial charge on any atom is 0.276 e. The fourth-order valence-corrected chi connectivity index (χ4v) is 2.84. The van der Waals surface area contributed by atoms with E-state index in [9.17, 15) is 9.90 Å². The summed E-state index contributed by atoms with van der Waals surface area (Å²) in [6.07, 6.45) is 2.16. The molecule has 3 rings (SSSR count). The monoisotopic (exact) mass is 337 g/mol. The van der Waals surface area contributed by atoms with Crippen LogP contribution in [0.3, 0.4) is 0 Å². The smallest absolute Gasteiger partial charge is 0.276 e. The summed E-state index contributed by atoms with van der Waals surface area (Å²) in [4.78, 5) is 15.7. The Labute approximate surface area is 145 Å². The zero-order valence-electron chi connectivity index (χ0n) is 13.6. The van der Waals surface area contributed by atoms with Crippen molar-refractivity contribution < 1.29 is 14.6 Å². The number of aliphatic imine (C=N–C) groups is 1. The highest BCUT2D eigenvalue weighted by Gasteiger charge is 2.19. The lowest BCUT2D eigenvalue weighted by atomic mass is 9.96. The molecule has 0 aliphatic carbocycles. The van der Waals surface area contributed by atoms with E-state index in [2.05, 4.69) is 4.99 Å². The minimum absolute atomic E-state index is 0.0656. The number of para-hydroxylation sites is 1. The van der Waals surface area contributed by atoms with Crippen LogP contribution >= 0.6 is 0 Å². The van der Waals surface area contributed by atoms with Crippen LogP contribution in [0.25, 0.3) is 17.2 Å². The lowest BCUT2D eigenvalue weighted by molar-refractivity contribution is -0.114. The maximum absolute atomic E-state index is 12.1. The van der Waals surface area contributed by atoms with Gasteiger partial charge in [-0.3, -0.25) is 4.79 Å². The normalized spacial score (nSPS) is 13.1. The van der Waals surface area contributed by atoms with Crippen molar-refractivity contribution in [1.29, 1.82) is 0 Å². The first kappa shape index (κ1) is 16.7. The number of ether oxygens (including phenoxy) is 1. The van der Waals surface area contributed by atoms with Gasteiger partial charge in [0.25, 0.3) is 5.91 Å². The third-order valence-electron chi connectivity index (χ3n) is 3.98. The number of hydrogen-bond acceptors (Lipinski definition) is 3. The fourth-order valence-electron chi connectivity index (χ4n) is 2.84. The molecule has 6 heteroatoms. The van der Waals surface area contributed by atoms with E-state index >= 15 is 0 Å². The second-order valence-electron chi connectivity index (χ2n) is 5.65. The van der Waals surface area contributed by atoms with E-state index in [0.29, 0.717) is 24.4 Å². The van der Waals surface area contributed by atoms with Gasteiger partial charge in [-0.15, -0.1) is 0 Å². The highest BCUT2D eigenvalue weighted by atomic mass is 16.5. The largest absolute Gasteiger partial charge is 0.492 e. The summed E-state index contributed by atoms with van der Waals surface area (Å²) in [5, 5.41) is 9.60. The Morgan fingerprint density at radius 2 is 1.88 bits per heavy atom. The lowest BCUT2D eigenvalue weighted by Gasteiger charge is -2.14. The molecule has 0 saturated heterocycles.